The fourth-order valence-electron chi connectivity index (χ4n) is 5.86. The lowest BCUT2D eigenvalue weighted by molar-refractivity contribution is -0.184. The Morgan fingerprint density at radius 1 is 1.20 bits per heavy atom. The zero-order valence-electron chi connectivity index (χ0n) is 17.5. The summed E-state index contributed by atoms with van der Waals surface area (Å²) >= 11 is 0. The number of likely N-dealkylation sites (tertiary alicyclic amines) is 1. The second kappa shape index (κ2) is 7.36. The number of carbonyl (C=O) groups excluding carboxylic acids is 2. The number of nitrogens with zero attached hydrogens (tertiary/aromatic N) is 2. The second-order valence-electron chi connectivity index (χ2n) is 9.95. The molecule has 4 rings (SSSR count). The minimum absolute atomic E-state index is 0.0183. The molecule has 2 aliphatic heterocycles. The van der Waals surface area contributed by atoms with Crippen LogP contribution in [0.1, 0.15) is 58.3 Å². The SMILES string of the molecule is C[C@H](CC(F)(F)F)C(=O)N1CCC(O)(CN2C(=O)COCC23CC3)C2(CCCC2)C1. The molecule has 2 spiro atoms. The van der Waals surface area contributed by atoms with Crippen LogP contribution in [0.25, 0.3) is 0 Å². The number of rotatable bonds is 4. The molecular formula is C21H31F3N2O4. The van der Waals surface area contributed by atoms with Crippen molar-refractivity contribution in [3.63, 3.8) is 0 Å². The number of morpholine rings is 1. The monoisotopic (exact) mass is 432 g/mol. The molecule has 2 heterocycles. The van der Waals surface area contributed by atoms with E-state index in [2.05, 4.69) is 0 Å². The number of β-amino-alcohol motifs (C(OH)–C–C–N with tert-alkyl or cyclic N) is 1. The van der Waals surface area contributed by atoms with Crippen LogP contribution in [0, 0.1) is 11.3 Å². The molecule has 6 nitrogen and oxygen atoms in total. The Kier molecular flexibility index (Phi) is 5.37. The van der Waals surface area contributed by atoms with E-state index >= 15 is 0 Å². The van der Waals surface area contributed by atoms with Gasteiger partial charge >= 0.3 is 6.18 Å². The minimum Gasteiger partial charge on any atom is -0.387 e. The standard InChI is InChI=1S/C21H31F3N2O4/c1-15(10-21(22,23)24)17(28)25-9-8-20(29,18(12-25)4-2-3-5-18)13-26-16(27)11-30-14-19(26)6-7-19/h15,29H,2-14H2,1H3/t15-,20?/m1/s1. The zero-order valence-corrected chi connectivity index (χ0v) is 17.5. The van der Waals surface area contributed by atoms with E-state index in [9.17, 15) is 27.9 Å². The number of halogens is 3. The van der Waals surface area contributed by atoms with Gasteiger partial charge in [0.15, 0.2) is 0 Å². The lowest BCUT2D eigenvalue weighted by Gasteiger charge is -2.55. The van der Waals surface area contributed by atoms with Gasteiger partial charge in [0, 0.05) is 24.4 Å². The molecule has 2 saturated heterocycles. The molecule has 2 atom stereocenters. The van der Waals surface area contributed by atoms with Crippen LogP contribution >= 0.6 is 0 Å². The molecule has 0 bridgehead atoms. The topological polar surface area (TPSA) is 70.1 Å². The van der Waals surface area contributed by atoms with Gasteiger partial charge in [-0.1, -0.05) is 19.8 Å². The molecule has 1 N–H and O–H groups in total. The molecule has 2 aliphatic carbocycles. The van der Waals surface area contributed by atoms with Gasteiger partial charge in [0.1, 0.15) is 6.61 Å². The molecule has 30 heavy (non-hydrogen) atoms. The quantitative estimate of drug-likeness (QED) is 0.741. The Morgan fingerprint density at radius 2 is 1.87 bits per heavy atom. The third-order valence-electron chi connectivity index (χ3n) is 7.82. The van der Waals surface area contributed by atoms with E-state index in [1.807, 2.05) is 0 Å². The van der Waals surface area contributed by atoms with Crippen molar-refractivity contribution < 1.29 is 32.6 Å². The van der Waals surface area contributed by atoms with Crippen LogP contribution in [0.15, 0.2) is 0 Å². The van der Waals surface area contributed by atoms with Crippen molar-refractivity contribution in [2.24, 2.45) is 11.3 Å². The van der Waals surface area contributed by atoms with Crippen molar-refractivity contribution in [1.29, 1.82) is 0 Å². The Labute approximate surface area is 174 Å². The molecule has 4 aliphatic rings. The number of carbonyl (C=O) groups is 2. The van der Waals surface area contributed by atoms with E-state index in [-0.39, 0.29) is 44.1 Å². The highest BCUT2D eigenvalue weighted by Crippen LogP contribution is 2.53. The van der Waals surface area contributed by atoms with E-state index in [1.165, 1.54) is 11.8 Å². The van der Waals surface area contributed by atoms with Crippen molar-refractivity contribution in [3.05, 3.63) is 0 Å². The van der Waals surface area contributed by atoms with Crippen LogP contribution in [0.4, 0.5) is 13.2 Å². The Morgan fingerprint density at radius 3 is 2.47 bits per heavy atom. The first-order valence-electron chi connectivity index (χ1n) is 11.0. The van der Waals surface area contributed by atoms with Crippen LogP contribution in [0.5, 0.6) is 0 Å². The summed E-state index contributed by atoms with van der Waals surface area (Å²) in [6, 6.07) is 0. The largest absolute Gasteiger partial charge is 0.389 e. The average Bonchev–Trinajstić information content (AvgIpc) is 3.26. The maximum atomic E-state index is 12.8. The van der Waals surface area contributed by atoms with Crippen molar-refractivity contribution in [2.45, 2.75) is 75.6 Å². The number of aliphatic hydroxyl groups is 1. The lowest BCUT2D eigenvalue weighted by atomic mass is 9.65. The van der Waals surface area contributed by atoms with E-state index in [0.717, 1.165) is 25.7 Å². The average molecular weight is 432 g/mol. The normalized spacial score (nSPS) is 31.4. The summed E-state index contributed by atoms with van der Waals surface area (Å²) in [5.41, 5.74) is -2.03. The Bertz CT molecular complexity index is 703. The molecule has 1 unspecified atom stereocenters. The lowest BCUT2D eigenvalue weighted by Crippen LogP contribution is -2.67. The Balaban J connectivity index is 1.52. The minimum atomic E-state index is -4.38. The summed E-state index contributed by atoms with van der Waals surface area (Å²) in [7, 11) is 0. The molecule has 0 aromatic heterocycles. The number of hydrogen-bond acceptors (Lipinski definition) is 4. The van der Waals surface area contributed by atoms with Gasteiger partial charge in [-0.3, -0.25) is 9.59 Å². The van der Waals surface area contributed by atoms with Gasteiger partial charge in [-0.25, -0.2) is 0 Å². The van der Waals surface area contributed by atoms with Gasteiger partial charge in [0.2, 0.25) is 11.8 Å². The number of piperidine rings is 1. The molecular weight excluding hydrogens is 401 g/mol. The van der Waals surface area contributed by atoms with E-state index in [1.54, 1.807) is 4.90 Å². The fraction of sp³-hybridized carbons (Fsp3) is 0.905. The van der Waals surface area contributed by atoms with Gasteiger partial charge in [0.05, 0.1) is 30.7 Å². The van der Waals surface area contributed by atoms with Gasteiger partial charge in [-0.05, 0) is 32.1 Å². The Hall–Kier alpha value is -1.35. The highest BCUT2D eigenvalue weighted by Gasteiger charge is 2.60. The predicted molar refractivity (Wildman–Crippen MR) is 101 cm³/mol. The molecule has 9 heteroatoms. The summed E-state index contributed by atoms with van der Waals surface area (Å²) in [6.45, 7) is 2.52. The van der Waals surface area contributed by atoms with E-state index in [4.69, 9.17) is 4.74 Å². The highest BCUT2D eigenvalue weighted by molar-refractivity contribution is 5.80. The van der Waals surface area contributed by atoms with Gasteiger partial charge < -0.3 is 19.6 Å². The number of alkyl halides is 3. The maximum absolute atomic E-state index is 12.8. The molecule has 170 valence electrons. The van der Waals surface area contributed by atoms with E-state index < -0.39 is 35.4 Å². The summed E-state index contributed by atoms with van der Waals surface area (Å²) in [5.74, 6) is -1.75. The maximum Gasteiger partial charge on any atom is 0.389 e. The second-order valence-corrected chi connectivity index (χ2v) is 9.95. The highest BCUT2D eigenvalue weighted by atomic mass is 19.4. The van der Waals surface area contributed by atoms with Crippen LogP contribution in [-0.4, -0.2) is 76.9 Å². The summed E-state index contributed by atoms with van der Waals surface area (Å²) in [4.78, 5) is 28.6. The predicted octanol–water partition coefficient (Wildman–Crippen LogP) is 2.49. The van der Waals surface area contributed by atoms with E-state index in [0.29, 0.717) is 19.4 Å². The number of hydrogen-bond donors (Lipinski definition) is 1. The van der Waals surface area contributed by atoms with Crippen LogP contribution in [0.3, 0.4) is 0 Å². The number of amides is 2. The van der Waals surface area contributed by atoms with Crippen molar-refractivity contribution >= 4 is 11.8 Å². The van der Waals surface area contributed by atoms with Gasteiger partial charge in [-0.2, -0.15) is 13.2 Å². The molecule has 2 saturated carbocycles. The summed E-state index contributed by atoms with van der Waals surface area (Å²) in [6.07, 6.45) is -0.272. The molecule has 0 aromatic rings. The third kappa shape index (κ3) is 3.83. The smallest absolute Gasteiger partial charge is 0.387 e. The van der Waals surface area contributed by atoms with Crippen molar-refractivity contribution in [2.75, 3.05) is 32.8 Å². The van der Waals surface area contributed by atoms with Crippen LogP contribution < -0.4 is 0 Å². The summed E-state index contributed by atoms with van der Waals surface area (Å²) < 4.78 is 43.7. The molecule has 2 amide bonds. The van der Waals surface area contributed by atoms with Crippen LogP contribution in [0.2, 0.25) is 0 Å². The first-order chi connectivity index (χ1) is 14.0. The molecule has 0 aromatic carbocycles. The summed E-state index contributed by atoms with van der Waals surface area (Å²) in [5, 5.41) is 11.8. The van der Waals surface area contributed by atoms with Crippen molar-refractivity contribution in [3.8, 4) is 0 Å². The van der Waals surface area contributed by atoms with Crippen molar-refractivity contribution in [1.82, 2.24) is 9.80 Å². The molecule has 0 radical (unpaired) electrons. The van der Waals surface area contributed by atoms with Gasteiger partial charge in [-0.15, -0.1) is 0 Å². The van der Waals surface area contributed by atoms with Crippen LogP contribution in [-0.2, 0) is 14.3 Å². The first-order valence-corrected chi connectivity index (χ1v) is 11.0. The number of ether oxygens (including phenoxy) is 1. The fourth-order valence-corrected chi connectivity index (χ4v) is 5.86. The first kappa shape index (κ1) is 21.9. The van der Waals surface area contributed by atoms with Gasteiger partial charge in [0.25, 0.3) is 0 Å². The molecule has 4 fully saturated rings. The third-order valence-corrected chi connectivity index (χ3v) is 7.82. The zero-order chi connectivity index (χ0) is 21.8.